The van der Waals surface area contributed by atoms with Crippen molar-refractivity contribution in [2.75, 3.05) is 0 Å². The second-order valence-electron chi connectivity index (χ2n) is 7.03. The molecular formula is C19H22N4O3. The fourth-order valence-corrected chi connectivity index (χ4v) is 4.12. The van der Waals surface area contributed by atoms with Crippen molar-refractivity contribution < 1.29 is 14.7 Å². The van der Waals surface area contributed by atoms with Crippen LogP contribution in [-0.2, 0) is 17.6 Å². The summed E-state index contributed by atoms with van der Waals surface area (Å²) in [5, 5.41) is 19.7. The summed E-state index contributed by atoms with van der Waals surface area (Å²) in [4.78, 5) is 26.2. The maximum Gasteiger partial charge on any atom is 0.326 e. The van der Waals surface area contributed by atoms with Crippen LogP contribution in [0.4, 0.5) is 4.79 Å². The van der Waals surface area contributed by atoms with Gasteiger partial charge in [0.25, 0.3) is 0 Å². The molecule has 1 aliphatic carbocycles. The fraction of sp³-hybridized carbons (Fsp3) is 0.421. The molecule has 0 spiro atoms. The first-order valence-electron chi connectivity index (χ1n) is 9.01. The first-order valence-corrected chi connectivity index (χ1v) is 9.01. The van der Waals surface area contributed by atoms with Crippen molar-refractivity contribution in [3.63, 3.8) is 0 Å². The van der Waals surface area contributed by atoms with Crippen molar-refractivity contribution in [2.45, 2.75) is 50.2 Å². The molecule has 2 amide bonds. The SMILES string of the molecule is O=C(O)[C@@H]1CC[C@@H](c2ccccc2)N1C(=O)NC1CCc2cn[nH]c2C1. The molecule has 7 heteroatoms. The van der Waals surface area contributed by atoms with E-state index >= 15 is 0 Å². The molecule has 1 aliphatic heterocycles. The zero-order valence-corrected chi connectivity index (χ0v) is 14.4. The smallest absolute Gasteiger partial charge is 0.326 e. The van der Waals surface area contributed by atoms with Crippen molar-refractivity contribution in [3.05, 3.63) is 53.3 Å². The van der Waals surface area contributed by atoms with E-state index in [9.17, 15) is 14.7 Å². The van der Waals surface area contributed by atoms with Gasteiger partial charge in [0, 0.05) is 18.2 Å². The first-order chi connectivity index (χ1) is 12.6. The minimum absolute atomic E-state index is 0.0121. The number of nitrogens with zero attached hydrogens (tertiary/aromatic N) is 2. The Bertz CT molecular complexity index is 804. The van der Waals surface area contributed by atoms with E-state index in [4.69, 9.17) is 0 Å². The number of carbonyl (C=O) groups is 2. The number of H-pyrrole nitrogens is 1. The highest BCUT2D eigenvalue weighted by atomic mass is 16.4. The molecule has 1 saturated heterocycles. The van der Waals surface area contributed by atoms with Crippen molar-refractivity contribution in [2.24, 2.45) is 0 Å². The van der Waals surface area contributed by atoms with Gasteiger partial charge in [-0.3, -0.25) is 5.10 Å². The standard InChI is InChI=1S/C19H22N4O3/c24-18(25)17-9-8-16(12-4-2-1-3-5-12)23(17)19(26)21-14-7-6-13-11-20-22-15(13)10-14/h1-5,11,14,16-17H,6-10H2,(H,20,22)(H,21,26)(H,24,25)/t14?,16-,17-/m0/s1. The number of aryl methyl sites for hydroxylation is 1. The molecule has 1 unspecified atom stereocenters. The van der Waals surface area contributed by atoms with Gasteiger partial charge in [-0.2, -0.15) is 5.10 Å². The van der Waals surface area contributed by atoms with Gasteiger partial charge >= 0.3 is 12.0 Å². The number of hydrogen-bond donors (Lipinski definition) is 3. The molecule has 2 heterocycles. The van der Waals surface area contributed by atoms with Crippen LogP contribution in [0.15, 0.2) is 36.5 Å². The molecule has 136 valence electrons. The van der Waals surface area contributed by atoms with Crippen molar-refractivity contribution >= 4 is 12.0 Å². The Kier molecular flexibility index (Phi) is 4.36. The highest BCUT2D eigenvalue weighted by Crippen LogP contribution is 2.36. The Balaban J connectivity index is 1.52. The topological polar surface area (TPSA) is 98.3 Å². The number of carbonyl (C=O) groups excluding carboxylic acids is 1. The number of urea groups is 1. The highest BCUT2D eigenvalue weighted by molar-refractivity contribution is 5.84. The van der Waals surface area contributed by atoms with Gasteiger partial charge in [-0.05, 0) is 36.8 Å². The van der Waals surface area contributed by atoms with E-state index in [1.165, 1.54) is 10.5 Å². The van der Waals surface area contributed by atoms with E-state index in [2.05, 4.69) is 15.5 Å². The minimum Gasteiger partial charge on any atom is -0.480 e. The van der Waals surface area contributed by atoms with E-state index in [-0.39, 0.29) is 18.1 Å². The molecule has 7 nitrogen and oxygen atoms in total. The van der Waals surface area contributed by atoms with Gasteiger partial charge in [-0.15, -0.1) is 0 Å². The largest absolute Gasteiger partial charge is 0.480 e. The summed E-state index contributed by atoms with van der Waals surface area (Å²) in [7, 11) is 0. The van der Waals surface area contributed by atoms with Crippen LogP contribution in [0.3, 0.4) is 0 Å². The number of likely N-dealkylation sites (tertiary alicyclic amines) is 1. The van der Waals surface area contributed by atoms with Crippen LogP contribution in [0.25, 0.3) is 0 Å². The maximum absolute atomic E-state index is 13.0. The number of carboxylic acids is 1. The summed E-state index contributed by atoms with van der Waals surface area (Å²) in [6.07, 6.45) is 5.35. The maximum atomic E-state index is 13.0. The quantitative estimate of drug-likeness (QED) is 0.787. The van der Waals surface area contributed by atoms with E-state index in [0.717, 1.165) is 24.1 Å². The lowest BCUT2D eigenvalue weighted by Gasteiger charge is -2.32. The number of aromatic nitrogens is 2. The monoisotopic (exact) mass is 354 g/mol. The average Bonchev–Trinajstić information content (AvgIpc) is 3.29. The number of hydrogen-bond acceptors (Lipinski definition) is 3. The van der Waals surface area contributed by atoms with Crippen LogP contribution in [0.5, 0.6) is 0 Å². The molecule has 26 heavy (non-hydrogen) atoms. The zero-order chi connectivity index (χ0) is 18.1. The summed E-state index contributed by atoms with van der Waals surface area (Å²) in [6.45, 7) is 0. The van der Waals surface area contributed by atoms with E-state index in [0.29, 0.717) is 19.3 Å². The normalized spacial score (nSPS) is 24.9. The molecule has 4 rings (SSSR count). The molecular weight excluding hydrogens is 332 g/mol. The lowest BCUT2D eigenvalue weighted by Crippen LogP contribution is -2.51. The average molecular weight is 354 g/mol. The van der Waals surface area contributed by atoms with Crippen LogP contribution in [-0.4, -0.2) is 44.3 Å². The van der Waals surface area contributed by atoms with Crippen LogP contribution in [0.1, 0.15) is 42.1 Å². The van der Waals surface area contributed by atoms with Crippen LogP contribution in [0.2, 0.25) is 0 Å². The van der Waals surface area contributed by atoms with Gasteiger partial charge in [-0.1, -0.05) is 30.3 Å². The first kappa shape index (κ1) is 16.6. The Morgan fingerprint density at radius 3 is 2.77 bits per heavy atom. The number of rotatable bonds is 3. The Hall–Kier alpha value is -2.83. The van der Waals surface area contributed by atoms with Crippen molar-refractivity contribution in [3.8, 4) is 0 Å². The third-order valence-corrected chi connectivity index (χ3v) is 5.44. The lowest BCUT2D eigenvalue weighted by atomic mass is 9.94. The second-order valence-corrected chi connectivity index (χ2v) is 7.03. The summed E-state index contributed by atoms with van der Waals surface area (Å²) >= 11 is 0. The number of aliphatic carboxylic acids is 1. The molecule has 0 saturated carbocycles. The number of benzene rings is 1. The molecule has 3 N–H and O–H groups in total. The molecule has 0 bridgehead atoms. The van der Waals surface area contributed by atoms with E-state index in [1.807, 2.05) is 36.5 Å². The number of amides is 2. The van der Waals surface area contributed by atoms with Gasteiger partial charge in [-0.25, -0.2) is 9.59 Å². The summed E-state index contributed by atoms with van der Waals surface area (Å²) in [5.41, 5.74) is 3.23. The molecule has 0 radical (unpaired) electrons. The molecule has 1 aromatic heterocycles. The molecule has 3 atom stereocenters. The number of fused-ring (bicyclic) bond motifs is 1. The van der Waals surface area contributed by atoms with Crippen LogP contribution >= 0.6 is 0 Å². The second kappa shape index (κ2) is 6.82. The molecule has 1 aromatic carbocycles. The van der Waals surface area contributed by atoms with Crippen molar-refractivity contribution in [1.82, 2.24) is 20.4 Å². The zero-order valence-electron chi connectivity index (χ0n) is 14.4. The van der Waals surface area contributed by atoms with Gasteiger partial charge in [0.1, 0.15) is 6.04 Å². The van der Waals surface area contributed by atoms with Gasteiger partial charge < -0.3 is 15.3 Å². The highest BCUT2D eigenvalue weighted by Gasteiger charge is 2.42. The molecule has 2 aromatic rings. The van der Waals surface area contributed by atoms with E-state index in [1.54, 1.807) is 0 Å². The number of carboxylic acid groups (broad SMARTS) is 1. The summed E-state index contributed by atoms with van der Waals surface area (Å²) in [6, 6.07) is 8.36. The Morgan fingerprint density at radius 2 is 2.00 bits per heavy atom. The predicted octanol–water partition coefficient (Wildman–Crippen LogP) is 2.27. The minimum atomic E-state index is -0.946. The van der Waals surface area contributed by atoms with Crippen molar-refractivity contribution in [1.29, 1.82) is 0 Å². The van der Waals surface area contributed by atoms with Gasteiger partial charge in [0.2, 0.25) is 0 Å². The van der Waals surface area contributed by atoms with Gasteiger partial charge in [0.15, 0.2) is 0 Å². The molecule has 2 aliphatic rings. The van der Waals surface area contributed by atoms with E-state index < -0.39 is 12.0 Å². The lowest BCUT2D eigenvalue weighted by molar-refractivity contribution is -0.141. The predicted molar refractivity (Wildman–Crippen MR) is 94.6 cm³/mol. The van der Waals surface area contributed by atoms with Gasteiger partial charge in [0.05, 0.1) is 12.2 Å². The Labute approximate surface area is 151 Å². The summed E-state index contributed by atoms with van der Waals surface area (Å²) in [5.74, 6) is -0.946. The fourth-order valence-electron chi connectivity index (χ4n) is 4.12. The third-order valence-electron chi connectivity index (χ3n) is 5.44. The van der Waals surface area contributed by atoms with Crippen LogP contribution in [0, 0.1) is 0 Å². The third kappa shape index (κ3) is 3.05. The number of nitrogens with one attached hydrogen (secondary N) is 2. The number of aromatic amines is 1. The molecule has 1 fully saturated rings. The Morgan fingerprint density at radius 1 is 1.19 bits per heavy atom. The summed E-state index contributed by atoms with van der Waals surface area (Å²) < 4.78 is 0. The van der Waals surface area contributed by atoms with Crippen LogP contribution < -0.4 is 5.32 Å².